The van der Waals surface area contributed by atoms with E-state index < -0.39 is 0 Å². The third kappa shape index (κ3) is 2.39. The van der Waals surface area contributed by atoms with Crippen LogP contribution in [0.15, 0.2) is 28.7 Å². The van der Waals surface area contributed by atoms with Crippen LogP contribution >= 0.6 is 11.6 Å². The van der Waals surface area contributed by atoms with Gasteiger partial charge in [0.05, 0.1) is 6.61 Å². The molecule has 1 N–H and O–H groups in total. The maximum atomic E-state index is 6.15. The normalized spacial score (nSPS) is 20.4. The van der Waals surface area contributed by atoms with Crippen LogP contribution in [-0.4, -0.2) is 19.3 Å². The lowest BCUT2D eigenvalue weighted by Gasteiger charge is -2.23. The first-order valence-corrected chi connectivity index (χ1v) is 6.69. The van der Waals surface area contributed by atoms with Gasteiger partial charge in [-0.05, 0) is 30.5 Å². The van der Waals surface area contributed by atoms with Crippen LogP contribution in [0.2, 0.25) is 5.22 Å². The zero-order chi connectivity index (χ0) is 12.4. The molecule has 0 radical (unpaired) electrons. The zero-order valence-corrected chi connectivity index (χ0v) is 10.9. The van der Waals surface area contributed by atoms with E-state index in [1.807, 2.05) is 24.3 Å². The van der Waals surface area contributed by atoms with Gasteiger partial charge in [-0.2, -0.15) is 0 Å². The molecule has 1 aliphatic rings. The van der Waals surface area contributed by atoms with Crippen LogP contribution in [0.1, 0.15) is 18.4 Å². The number of furan rings is 1. The monoisotopic (exact) mass is 265 g/mol. The molecule has 2 aromatic rings. The first-order chi connectivity index (χ1) is 8.84. The minimum Gasteiger partial charge on any atom is -0.444 e. The van der Waals surface area contributed by atoms with Crippen molar-refractivity contribution in [2.45, 2.75) is 25.4 Å². The largest absolute Gasteiger partial charge is 0.444 e. The lowest BCUT2D eigenvalue weighted by atomic mass is 10.1. The molecule has 0 spiro atoms. The highest BCUT2D eigenvalue weighted by atomic mass is 35.5. The van der Waals surface area contributed by atoms with Crippen molar-refractivity contribution >= 4 is 22.6 Å². The second-order valence-electron chi connectivity index (χ2n) is 4.65. The average molecular weight is 266 g/mol. The fourth-order valence-corrected chi connectivity index (χ4v) is 2.63. The Bertz CT molecular complexity index is 532. The Labute approximate surface area is 111 Å². The third-order valence-corrected chi connectivity index (χ3v) is 3.68. The summed E-state index contributed by atoms with van der Waals surface area (Å²) in [5.41, 5.74) is 1.89. The molecule has 1 aliphatic heterocycles. The van der Waals surface area contributed by atoms with Crippen molar-refractivity contribution in [2.75, 3.05) is 13.2 Å². The quantitative estimate of drug-likeness (QED) is 0.924. The number of para-hydroxylation sites is 1. The number of nitrogens with one attached hydrogen (secondary N) is 1. The van der Waals surface area contributed by atoms with Crippen LogP contribution in [0.5, 0.6) is 0 Å². The topological polar surface area (TPSA) is 34.4 Å². The minimum absolute atomic E-state index is 0.420. The molecule has 18 heavy (non-hydrogen) atoms. The molecular formula is C14H16ClNO2. The van der Waals surface area contributed by atoms with E-state index >= 15 is 0 Å². The second-order valence-corrected chi connectivity index (χ2v) is 4.99. The van der Waals surface area contributed by atoms with Gasteiger partial charge in [-0.15, -0.1) is 0 Å². The van der Waals surface area contributed by atoms with Crippen molar-refractivity contribution in [3.05, 3.63) is 35.0 Å². The standard InChI is InChI=1S/C14H16ClNO2/c15-14-12(8-16-10-4-3-7-17-9-10)11-5-1-2-6-13(11)18-14/h1-2,5-6,10,16H,3-4,7-9H2. The lowest BCUT2D eigenvalue weighted by Crippen LogP contribution is -2.36. The van der Waals surface area contributed by atoms with Crippen LogP contribution < -0.4 is 5.32 Å². The molecule has 2 heterocycles. The molecule has 4 heteroatoms. The summed E-state index contributed by atoms with van der Waals surface area (Å²) in [5.74, 6) is 0. The molecular weight excluding hydrogens is 250 g/mol. The maximum absolute atomic E-state index is 6.15. The van der Waals surface area contributed by atoms with E-state index in [0.717, 1.165) is 49.1 Å². The number of benzene rings is 1. The molecule has 1 aromatic carbocycles. The van der Waals surface area contributed by atoms with Crippen LogP contribution in [0.25, 0.3) is 11.0 Å². The summed E-state index contributed by atoms with van der Waals surface area (Å²) in [7, 11) is 0. The van der Waals surface area contributed by atoms with E-state index in [2.05, 4.69) is 5.32 Å². The Morgan fingerprint density at radius 3 is 3.06 bits per heavy atom. The number of hydrogen-bond donors (Lipinski definition) is 1. The summed E-state index contributed by atoms with van der Waals surface area (Å²) in [4.78, 5) is 0. The molecule has 3 rings (SSSR count). The first-order valence-electron chi connectivity index (χ1n) is 6.31. The number of ether oxygens (including phenoxy) is 1. The van der Waals surface area contributed by atoms with Gasteiger partial charge in [0.1, 0.15) is 5.58 Å². The van der Waals surface area contributed by atoms with Crippen molar-refractivity contribution < 1.29 is 9.15 Å². The van der Waals surface area contributed by atoms with E-state index in [1.165, 1.54) is 0 Å². The lowest BCUT2D eigenvalue weighted by molar-refractivity contribution is 0.0699. The van der Waals surface area contributed by atoms with Gasteiger partial charge in [0.25, 0.3) is 0 Å². The summed E-state index contributed by atoms with van der Waals surface area (Å²) >= 11 is 6.15. The summed E-state index contributed by atoms with van der Waals surface area (Å²) in [5, 5.41) is 5.06. The van der Waals surface area contributed by atoms with Gasteiger partial charge in [0.15, 0.2) is 5.22 Å². The highest BCUT2D eigenvalue weighted by molar-refractivity contribution is 6.30. The van der Waals surface area contributed by atoms with Crippen molar-refractivity contribution in [3.63, 3.8) is 0 Å². The van der Waals surface area contributed by atoms with E-state index in [9.17, 15) is 0 Å². The van der Waals surface area contributed by atoms with Crippen LogP contribution in [0.3, 0.4) is 0 Å². The highest BCUT2D eigenvalue weighted by Gasteiger charge is 2.16. The molecule has 1 aromatic heterocycles. The molecule has 0 bridgehead atoms. The number of hydrogen-bond acceptors (Lipinski definition) is 3. The van der Waals surface area contributed by atoms with Crippen LogP contribution in [0.4, 0.5) is 0 Å². The fourth-order valence-electron chi connectivity index (χ4n) is 2.38. The van der Waals surface area contributed by atoms with Gasteiger partial charge >= 0.3 is 0 Å². The van der Waals surface area contributed by atoms with Gasteiger partial charge in [-0.1, -0.05) is 18.2 Å². The zero-order valence-electron chi connectivity index (χ0n) is 10.1. The molecule has 1 saturated heterocycles. The first kappa shape index (κ1) is 12.0. The van der Waals surface area contributed by atoms with Gasteiger partial charge in [-0.25, -0.2) is 0 Å². The molecule has 0 amide bonds. The summed E-state index contributed by atoms with van der Waals surface area (Å²) in [6.45, 7) is 2.39. The molecule has 0 aliphatic carbocycles. The second kappa shape index (κ2) is 5.31. The van der Waals surface area contributed by atoms with E-state index in [0.29, 0.717) is 11.3 Å². The summed E-state index contributed by atoms with van der Waals surface area (Å²) in [6, 6.07) is 8.35. The Morgan fingerprint density at radius 1 is 1.33 bits per heavy atom. The van der Waals surface area contributed by atoms with E-state index in [1.54, 1.807) is 0 Å². The van der Waals surface area contributed by atoms with Gasteiger partial charge < -0.3 is 14.5 Å². The van der Waals surface area contributed by atoms with Gasteiger partial charge in [-0.3, -0.25) is 0 Å². The van der Waals surface area contributed by atoms with Crippen molar-refractivity contribution in [2.24, 2.45) is 0 Å². The molecule has 3 nitrogen and oxygen atoms in total. The van der Waals surface area contributed by atoms with E-state index in [4.69, 9.17) is 20.8 Å². The Morgan fingerprint density at radius 2 is 2.22 bits per heavy atom. The van der Waals surface area contributed by atoms with Crippen molar-refractivity contribution in [1.82, 2.24) is 5.32 Å². The van der Waals surface area contributed by atoms with Gasteiger partial charge in [0, 0.05) is 30.1 Å². The third-order valence-electron chi connectivity index (χ3n) is 3.38. The van der Waals surface area contributed by atoms with E-state index in [-0.39, 0.29) is 0 Å². The van der Waals surface area contributed by atoms with Crippen LogP contribution in [-0.2, 0) is 11.3 Å². The number of fused-ring (bicyclic) bond motifs is 1. The average Bonchev–Trinajstić information content (AvgIpc) is 2.73. The molecule has 0 saturated carbocycles. The Kier molecular flexibility index (Phi) is 3.55. The molecule has 1 unspecified atom stereocenters. The highest BCUT2D eigenvalue weighted by Crippen LogP contribution is 2.29. The fraction of sp³-hybridized carbons (Fsp3) is 0.429. The minimum atomic E-state index is 0.420. The van der Waals surface area contributed by atoms with Crippen molar-refractivity contribution in [1.29, 1.82) is 0 Å². The van der Waals surface area contributed by atoms with Gasteiger partial charge in [0.2, 0.25) is 0 Å². The van der Waals surface area contributed by atoms with Crippen molar-refractivity contribution in [3.8, 4) is 0 Å². The van der Waals surface area contributed by atoms with Crippen LogP contribution in [0, 0.1) is 0 Å². The predicted molar refractivity (Wildman–Crippen MR) is 71.9 cm³/mol. The smallest absolute Gasteiger partial charge is 0.199 e. The predicted octanol–water partition coefficient (Wildman–Crippen LogP) is 3.35. The molecule has 96 valence electrons. The maximum Gasteiger partial charge on any atom is 0.199 e. The summed E-state index contributed by atoms with van der Waals surface area (Å²) in [6.07, 6.45) is 2.28. The Hall–Kier alpha value is -1.03. The SMILES string of the molecule is Clc1oc2ccccc2c1CNC1CCCOC1. The number of halogens is 1. The number of rotatable bonds is 3. The molecule has 1 atom stereocenters. The molecule has 1 fully saturated rings. The Balaban J connectivity index is 1.75. The summed E-state index contributed by atoms with van der Waals surface area (Å²) < 4.78 is 11.0.